The zero-order valence-corrected chi connectivity index (χ0v) is 14.8. The maximum absolute atomic E-state index is 13.4. The van der Waals surface area contributed by atoms with Crippen LogP contribution >= 0.6 is 0 Å². The number of methoxy groups -OCH3 is 2. The molecular weight excluding hydrogens is 358 g/mol. The Labute approximate surface area is 154 Å². The van der Waals surface area contributed by atoms with E-state index in [9.17, 15) is 18.4 Å². The molecule has 1 fully saturated rings. The molecule has 1 aliphatic rings. The van der Waals surface area contributed by atoms with E-state index in [1.165, 1.54) is 25.2 Å². The third-order valence-electron chi connectivity index (χ3n) is 4.39. The molecule has 6 nitrogen and oxygen atoms in total. The van der Waals surface area contributed by atoms with Crippen LogP contribution in [0.1, 0.15) is 6.42 Å². The Morgan fingerprint density at radius 1 is 1.07 bits per heavy atom. The quantitative estimate of drug-likeness (QED) is 0.815. The van der Waals surface area contributed by atoms with Crippen molar-refractivity contribution in [2.75, 3.05) is 31.0 Å². The molecule has 1 N–H and O–H groups in total. The maximum Gasteiger partial charge on any atom is 0.239 e. The highest BCUT2D eigenvalue weighted by Gasteiger charge is 2.38. The van der Waals surface area contributed by atoms with Crippen LogP contribution in [0.5, 0.6) is 11.5 Å². The van der Waals surface area contributed by atoms with Gasteiger partial charge in [-0.2, -0.15) is 0 Å². The molecule has 1 saturated heterocycles. The Morgan fingerprint density at radius 2 is 1.81 bits per heavy atom. The highest BCUT2D eigenvalue weighted by molar-refractivity contribution is 6.13. The lowest BCUT2D eigenvalue weighted by molar-refractivity contribution is -0.129. The number of carbonyl (C=O) groups excluding carboxylic acids is 2. The maximum atomic E-state index is 13.4. The van der Waals surface area contributed by atoms with Gasteiger partial charge in [0.1, 0.15) is 5.92 Å². The number of carbonyl (C=O) groups is 2. The second kappa shape index (κ2) is 7.61. The monoisotopic (exact) mass is 376 g/mol. The zero-order valence-electron chi connectivity index (χ0n) is 14.8. The molecule has 1 atom stereocenters. The van der Waals surface area contributed by atoms with Crippen molar-refractivity contribution in [1.82, 2.24) is 0 Å². The van der Waals surface area contributed by atoms with Gasteiger partial charge in [0.2, 0.25) is 11.8 Å². The van der Waals surface area contributed by atoms with Gasteiger partial charge >= 0.3 is 0 Å². The minimum absolute atomic E-state index is 0.223. The van der Waals surface area contributed by atoms with Crippen LogP contribution in [-0.2, 0) is 9.59 Å². The zero-order chi connectivity index (χ0) is 19.6. The first-order valence-corrected chi connectivity index (χ1v) is 8.24. The Balaban J connectivity index is 1.73. The number of halogens is 2. The molecule has 0 bridgehead atoms. The lowest BCUT2D eigenvalue weighted by Crippen LogP contribution is -2.33. The molecule has 1 heterocycles. The summed E-state index contributed by atoms with van der Waals surface area (Å²) in [5, 5.41) is 2.68. The van der Waals surface area contributed by atoms with E-state index in [-0.39, 0.29) is 18.7 Å². The summed E-state index contributed by atoms with van der Waals surface area (Å²) in [5.41, 5.74) is 0.678. The summed E-state index contributed by atoms with van der Waals surface area (Å²) in [5.74, 6) is -2.93. The fourth-order valence-electron chi connectivity index (χ4n) is 2.98. The molecule has 2 aromatic rings. The number of ether oxygens (including phenoxy) is 2. The Hall–Kier alpha value is -3.16. The van der Waals surface area contributed by atoms with Crippen molar-refractivity contribution in [3.05, 3.63) is 48.0 Å². The summed E-state index contributed by atoms with van der Waals surface area (Å²) in [6, 6.07) is 8.06. The van der Waals surface area contributed by atoms with Gasteiger partial charge in [0.25, 0.3) is 0 Å². The first-order chi connectivity index (χ1) is 12.9. The topological polar surface area (TPSA) is 67.9 Å². The van der Waals surface area contributed by atoms with Gasteiger partial charge in [0.15, 0.2) is 23.1 Å². The summed E-state index contributed by atoms with van der Waals surface area (Å²) in [6.45, 7) is 0.244. The molecule has 2 aromatic carbocycles. The number of nitrogens with one attached hydrogen (secondary N) is 1. The average Bonchev–Trinajstić information content (AvgIpc) is 3.05. The van der Waals surface area contributed by atoms with Crippen molar-refractivity contribution in [2.24, 2.45) is 5.92 Å². The van der Waals surface area contributed by atoms with Gasteiger partial charge in [-0.1, -0.05) is 0 Å². The van der Waals surface area contributed by atoms with Gasteiger partial charge in [-0.15, -0.1) is 0 Å². The molecule has 0 saturated carbocycles. The first kappa shape index (κ1) is 18.6. The van der Waals surface area contributed by atoms with E-state index >= 15 is 0 Å². The lowest BCUT2D eigenvalue weighted by atomic mass is 10.1. The minimum atomic E-state index is -1.04. The molecular formula is C19H18F2N2O4. The van der Waals surface area contributed by atoms with Crippen LogP contribution in [0, 0.1) is 17.6 Å². The van der Waals surface area contributed by atoms with Crippen LogP contribution in [0.4, 0.5) is 20.2 Å². The molecule has 0 aromatic heterocycles. The normalized spacial score (nSPS) is 16.4. The fraction of sp³-hybridized carbons (Fsp3) is 0.263. The largest absolute Gasteiger partial charge is 0.493 e. The van der Waals surface area contributed by atoms with Crippen molar-refractivity contribution in [3.8, 4) is 11.5 Å². The van der Waals surface area contributed by atoms with E-state index in [4.69, 9.17) is 9.47 Å². The van der Waals surface area contributed by atoms with Crippen molar-refractivity contribution < 1.29 is 27.8 Å². The van der Waals surface area contributed by atoms with Gasteiger partial charge in [-0.3, -0.25) is 9.59 Å². The predicted octanol–water partition coefficient (Wildman–Crippen LogP) is 2.97. The second-order valence-electron chi connectivity index (χ2n) is 5.99. The summed E-state index contributed by atoms with van der Waals surface area (Å²) in [7, 11) is 2.98. The molecule has 0 radical (unpaired) electrons. The van der Waals surface area contributed by atoms with E-state index in [0.717, 1.165) is 12.1 Å². The molecule has 142 valence electrons. The lowest BCUT2D eigenvalue weighted by Gasteiger charge is -2.17. The Bertz CT molecular complexity index is 888. The van der Waals surface area contributed by atoms with Crippen LogP contribution in [0.15, 0.2) is 36.4 Å². The average molecular weight is 376 g/mol. The Kier molecular flexibility index (Phi) is 5.25. The van der Waals surface area contributed by atoms with Crippen molar-refractivity contribution in [3.63, 3.8) is 0 Å². The van der Waals surface area contributed by atoms with E-state index in [1.807, 2.05) is 0 Å². The number of benzene rings is 2. The van der Waals surface area contributed by atoms with Crippen molar-refractivity contribution in [2.45, 2.75) is 6.42 Å². The SMILES string of the molecule is COc1ccc(NC(=O)C2CCN(c3ccc(F)c(F)c3)C2=O)cc1OC. The first-order valence-electron chi connectivity index (χ1n) is 8.24. The predicted molar refractivity (Wildman–Crippen MR) is 95.0 cm³/mol. The Morgan fingerprint density at radius 3 is 2.48 bits per heavy atom. The summed E-state index contributed by atoms with van der Waals surface area (Å²) < 4.78 is 36.8. The summed E-state index contributed by atoms with van der Waals surface area (Å²) >= 11 is 0. The number of nitrogens with zero attached hydrogens (tertiary/aromatic N) is 1. The summed E-state index contributed by atoms with van der Waals surface area (Å²) in [6.07, 6.45) is 0.275. The van der Waals surface area contributed by atoms with Gasteiger partial charge in [0.05, 0.1) is 14.2 Å². The third kappa shape index (κ3) is 3.69. The van der Waals surface area contributed by atoms with Crippen LogP contribution in [0.2, 0.25) is 0 Å². The molecule has 2 amide bonds. The number of hydrogen-bond acceptors (Lipinski definition) is 4. The number of hydrogen-bond donors (Lipinski definition) is 1. The van der Waals surface area contributed by atoms with Crippen LogP contribution in [0.3, 0.4) is 0 Å². The summed E-state index contributed by atoms with van der Waals surface area (Å²) in [4.78, 5) is 26.4. The number of rotatable bonds is 5. The molecule has 0 spiro atoms. The van der Waals surface area contributed by atoms with Crippen LogP contribution in [0.25, 0.3) is 0 Å². The molecule has 1 aliphatic heterocycles. The van der Waals surface area contributed by atoms with E-state index in [0.29, 0.717) is 17.2 Å². The van der Waals surface area contributed by atoms with Gasteiger partial charge in [-0.05, 0) is 30.7 Å². The highest BCUT2D eigenvalue weighted by atomic mass is 19.2. The number of amides is 2. The van der Waals surface area contributed by atoms with Crippen LogP contribution in [-0.4, -0.2) is 32.6 Å². The third-order valence-corrected chi connectivity index (χ3v) is 4.39. The molecule has 8 heteroatoms. The molecule has 3 rings (SSSR count). The second-order valence-corrected chi connectivity index (χ2v) is 5.99. The molecule has 0 aliphatic carbocycles. The van der Waals surface area contributed by atoms with Crippen molar-refractivity contribution >= 4 is 23.2 Å². The van der Waals surface area contributed by atoms with E-state index < -0.39 is 29.4 Å². The van der Waals surface area contributed by atoms with Crippen molar-refractivity contribution in [1.29, 1.82) is 0 Å². The molecule has 27 heavy (non-hydrogen) atoms. The highest BCUT2D eigenvalue weighted by Crippen LogP contribution is 2.31. The van der Waals surface area contributed by atoms with Gasteiger partial charge in [-0.25, -0.2) is 8.78 Å². The van der Waals surface area contributed by atoms with E-state index in [1.54, 1.807) is 18.2 Å². The number of anilines is 2. The standard InChI is InChI=1S/C19H18F2N2O4/c1-26-16-6-3-11(9-17(16)27-2)22-18(24)13-7-8-23(19(13)25)12-4-5-14(20)15(21)10-12/h3-6,9-10,13H,7-8H2,1-2H3,(H,22,24). The van der Waals surface area contributed by atoms with Crippen LogP contribution < -0.4 is 19.7 Å². The van der Waals surface area contributed by atoms with Gasteiger partial charge in [0, 0.05) is 30.1 Å². The van der Waals surface area contributed by atoms with E-state index in [2.05, 4.69) is 5.32 Å². The minimum Gasteiger partial charge on any atom is -0.493 e. The fourth-order valence-corrected chi connectivity index (χ4v) is 2.98. The van der Waals surface area contributed by atoms with Gasteiger partial charge < -0.3 is 19.7 Å². The molecule has 1 unspecified atom stereocenters. The smallest absolute Gasteiger partial charge is 0.239 e.